The molecule has 0 atom stereocenters. The maximum absolute atomic E-state index is 5.45. The number of thiazole rings is 1. The third kappa shape index (κ3) is 2.55. The van der Waals surface area contributed by atoms with E-state index in [1.165, 1.54) is 5.56 Å². The quantitative estimate of drug-likeness (QED) is 0.800. The van der Waals surface area contributed by atoms with Gasteiger partial charge in [0.2, 0.25) is 5.89 Å². The van der Waals surface area contributed by atoms with Crippen molar-refractivity contribution in [1.82, 2.24) is 15.2 Å². The Morgan fingerprint density at radius 2 is 1.90 bits per heavy atom. The molecule has 0 amide bonds. The molecule has 3 aromatic rings. The molecule has 0 unspecified atom stereocenters. The Bertz CT molecular complexity index is 730. The zero-order chi connectivity index (χ0) is 14.1. The lowest BCUT2D eigenvalue weighted by molar-refractivity contribution is 0.524. The maximum atomic E-state index is 5.45. The van der Waals surface area contributed by atoms with Crippen LogP contribution in [0.2, 0.25) is 0 Å². The lowest BCUT2D eigenvalue weighted by Gasteiger charge is -2.01. The Morgan fingerprint density at radius 3 is 2.55 bits per heavy atom. The standard InChI is InChI=1S/C14H14N4OS/c1-8-3-5-10(6-4-8)13-11(20-9(2)16-13)7-12-17-18-14(15)19-12/h3-6H,7H2,1-2H3,(H2,15,18). The first kappa shape index (κ1) is 12.8. The Hall–Kier alpha value is -2.21. The lowest BCUT2D eigenvalue weighted by Crippen LogP contribution is -1.89. The van der Waals surface area contributed by atoms with Gasteiger partial charge in [-0.2, -0.15) is 0 Å². The average Bonchev–Trinajstić information content (AvgIpc) is 2.97. The van der Waals surface area contributed by atoms with Crippen LogP contribution in [0, 0.1) is 13.8 Å². The van der Waals surface area contributed by atoms with E-state index < -0.39 is 0 Å². The van der Waals surface area contributed by atoms with E-state index >= 15 is 0 Å². The van der Waals surface area contributed by atoms with Gasteiger partial charge in [-0.15, -0.1) is 16.4 Å². The number of anilines is 1. The van der Waals surface area contributed by atoms with Crippen LogP contribution in [0.4, 0.5) is 6.01 Å². The van der Waals surface area contributed by atoms with Crippen molar-refractivity contribution in [2.75, 3.05) is 5.73 Å². The molecule has 102 valence electrons. The molecule has 0 aliphatic rings. The fourth-order valence-corrected chi connectivity index (χ4v) is 2.95. The molecule has 0 saturated heterocycles. The fraction of sp³-hybridized carbons (Fsp3) is 0.214. The Morgan fingerprint density at radius 1 is 1.15 bits per heavy atom. The van der Waals surface area contributed by atoms with E-state index in [2.05, 4.69) is 46.4 Å². The molecular formula is C14H14N4OS. The molecule has 0 aliphatic heterocycles. The average molecular weight is 286 g/mol. The molecule has 0 aliphatic carbocycles. The first-order valence-electron chi connectivity index (χ1n) is 6.23. The van der Waals surface area contributed by atoms with Crippen LogP contribution in [0.3, 0.4) is 0 Å². The summed E-state index contributed by atoms with van der Waals surface area (Å²) in [5.74, 6) is 0.513. The van der Waals surface area contributed by atoms with E-state index in [1.807, 2.05) is 6.92 Å². The minimum Gasteiger partial charge on any atom is -0.408 e. The van der Waals surface area contributed by atoms with E-state index in [1.54, 1.807) is 11.3 Å². The molecule has 2 aromatic heterocycles. The van der Waals surface area contributed by atoms with Gasteiger partial charge in [0.05, 0.1) is 17.1 Å². The molecule has 20 heavy (non-hydrogen) atoms. The van der Waals surface area contributed by atoms with Crippen molar-refractivity contribution < 1.29 is 4.42 Å². The zero-order valence-electron chi connectivity index (χ0n) is 11.3. The Balaban J connectivity index is 1.97. The van der Waals surface area contributed by atoms with Crippen molar-refractivity contribution in [3.8, 4) is 11.3 Å². The van der Waals surface area contributed by atoms with Gasteiger partial charge in [0, 0.05) is 10.4 Å². The van der Waals surface area contributed by atoms with Gasteiger partial charge in [0.15, 0.2) is 0 Å². The molecule has 0 radical (unpaired) electrons. The largest absolute Gasteiger partial charge is 0.408 e. The highest BCUT2D eigenvalue weighted by Crippen LogP contribution is 2.30. The van der Waals surface area contributed by atoms with Crippen LogP contribution in [0.5, 0.6) is 0 Å². The predicted octanol–water partition coefficient (Wildman–Crippen LogP) is 2.98. The first-order chi connectivity index (χ1) is 9.61. The highest BCUT2D eigenvalue weighted by molar-refractivity contribution is 7.12. The van der Waals surface area contributed by atoms with Crippen LogP contribution in [-0.2, 0) is 6.42 Å². The number of nitrogens with zero attached hydrogens (tertiary/aromatic N) is 3. The second-order valence-corrected chi connectivity index (χ2v) is 5.87. The topological polar surface area (TPSA) is 77.8 Å². The smallest absolute Gasteiger partial charge is 0.312 e. The number of rotatable bonds is 3. The van der Waals surface area contributed by atoms with Crippen molar-refractivity contribution in [3.05, 3.63) is 45.6 Å². The summed E-state index contributed by atoms with van der Waals surface area (Å²) in [5, 5.41) is 8.60. The third-order valence-electron chi connectivity index (χ3n) is 2.92. The highest BCUT2D eigenvalue weighted by atomic mass is 32.1. The van der Waals surface area contributed by atoms with Gasteiger partial charge in [0.25, 0.3) is 0 Å². The Labute approximate surface area is 120 Å². The summed E-state index contributed by atoms with van der Waals surface area (Å²) in [6, 6.07) is 8.42. The van der Waals surface area contributed by atoms with Crippen LogP contribution < -0.4 is 5.73 Å². The van der Waals surface area contributed by atoms with Crippen LogP contribution in [-0.4, -0.2) is 15.2 Å². The van der Waals surface area contributed by atoms with E-state index in [0.717, 1.165) is 21.1 Å². The van der Waals surface area contributed by atoms with Crippen LogP contribution in [0.25, 0.3) is 11.3 Å². The molecule has 2 heterocycles. The van der Waals surface area contributed by atoms with Gasteiger partial charge >= 0.3 is 6.01 Å². The molecule has 1 aromatic carbocycles. The van der Waals surface area contributed by atoms with Crippen molar-refractivity contribution in [3.63, 3.8) is 0 Å². The Kier molecular flexibility index (Phi) is 3.23. The van der Waals surface area contributed by atoms with Gasteiger partial charge in [0.1, 0.15) is 0 Å². The lowest BCUT2D eigenvalue weighted by atomic mass is 10.1. The van der Waals surface area contributed by atoms with E-state index in [4.69, 9.17) is 10.2 Å². The number of hydrogen-bond acceptors (Lipinski definition) is 6. The molecule has 0 saturated carbocycles. The summed E-state index contributed by atoms with van der Waals surface area (Å²) >= 11 is 1.64. The normalized spacial score (nSPS) is 10.9. The maximum Gasteiger partial charge on any atom is 0.312 e. The van der Waals surface area contributed by atoms with Gasteiger partial charge in [-0.1, -0.05) is 34.9 Å². The van der Waals surface area contributed by atoms with E-state index in [9.17, 15) is 0 Å². The van der Waals surface area contributed by atoms with Gasteiger partial charge in [-0.05, 0) is 13.8 Å². The second kappa shape index (κ2) is 5.05. The SMILES string of the molecule is Cc1ccc(-c2nc(C)sc2Cc2nnc(N)o2)cc1. The number of hydrogen-bond donors (Lipinski definition) is 1. The molecule has 0 fully saturated rings. The zero-order valence-corrected chi connectivity index (χ0v) is 12.1. The van der Waals surface area contributed by atoms with Crippen LogP contribution in [0.15, 0.2) is 28.7 Å². The van der Waals surface area contributed by atoms with Crippen LogP contribution >= 0.6 is 11.3 Å². The number of nitrogen functional groups attached to an aromatic ring is 1. The fourth-order valence-electron chi connectivity index (χ4n) is 2.00. The monoisotopic (exact) mass is 286 g/mol. The number of benzene rings is 1. The minimum absolute atomic E-state index is 0.0955. The summed E-state index contributed by atoms with van der Waals surface area (Å²) in [5.41, 5.74) is 8.76. The minimum atomic E-state index is 0.0955. The van der Waals surface area contributed by atoms with E-state index in [0.29, 0.717) is 12.3 Å². The summed E-state index contributed by atoms with van der Waals surface area (Å²) in [6.45, 7) is 4.06. The van der Waals surface area contributed by atoms with Crippen molar-refractivity contribution in [2.45, 2.75) is 20.3 Å². The molecule has 6 heteroatoms. The summed E-state index contributed by atoms with van der Waals surface area (Å²) < 4.78 is 5.24. The molecule has 0 bridgehead atoms. The van der Waals surface area contributed by atoms with Gasteiger partial charge in [-0.3, -0.25) is 0 Å². The highest BCUT2D eigenvalue weighted by Gasteiger charge is 2.14. The number of aryl methyl sites for hydroxylation is 2. The summed E-state index contributed by atoms with van der Waals surface area (Å²) in [7, 11) is 0. The third-order valence-corrected chi connectivity index (χ3v) is 3.89. The molecule has 2 N–H and O–H groups in total. The molecule has 3 rings (SSSR count). The van der Waals surface area contributed by atoms with Crippen LogP contribution in [0.1, 0.15) is 21.3 Å². The summed E-state index contributed by atoms with van der Waals surface area (Å²) in [6.07, 6.45) is 0.554. The van der Waals surface area contributed by atoms with Crippen molar-refractivity contribution in [2.24, 2.45) is 0 Å². The second-order valence-electron chi connectivity index (χ2n) is 4.58. The molecule has 0 spiro atoms. The number of aromatic nitrogens is 3. The molecule has 5 nitrogen and oxygen atoms in total. The van der Waals surface area contributed by atoms with Crippen molar-refractivity contribution >= 4 is 17.4 Å². The van der Waals surface area contributed by atoms with Gasteiger partial charge in [-0.25, -0.2) is 4.98 Å². The first-order valence-corrected chi connectivity index (χ1v) is 7.04. The predicted molar refractivity (Wildman–Crippen MR) is 78.5 cm³/mol. The number of nitrogens with two attached hydrogens (primary N) is 1. The van der Waals surface area contributed by atoms with E-state index in [-0.39, 0.29) is 6.01 Å². The van der Waals surface area contributed by atoms with Gasteiger partial charge < -0.3 is 10.2 Å². The van der Waals surface area contributed by atoms with Crippen molar-refractivity contribution in [1.29, 1.82) is 0 Å². The molecular weight excluding hydrogens is 272 g/mol. The summed E-state index contributed by atoms with van der Waals surface area (Å²) in [4.78, 5) is 5.72.